The fourth-order valence-corrected chi connectivity index (χ4v) is 3.07. The molecule has 0 radical (unpaired) electrons. The maximum atomic E-state index is 12.7. The minimum atomic E-state index is -0.566. The first kappa shape index (κ1) is 24.9. The number of rotatable bonds is 7. The second-order valence-corrected chi connectivity index (χ2v) is 8.47. The van der Waals surface area contributed by atoms with Gasteiger partial charge in [-0.3, -0.25) is 4.79 Å². The largest absolute Gasteiger partial charge is 0.384 e. The summed E-state index contributed by atoms with van der Waals surface area (Å²) in [4.78, 5) is 24.8. The minimum absolute atomic E-state index is 0. The summed E-state index contributed by atoms with van der Waals surface area (Å²) in [5.74, 6) is -0.148. The molecule has 0 bridgehead atoms. The number of hydrogen-bond donors (Lipinski definition) is 4. The molecule has 0 aromatic carbocycles. The molecule has 0 aromatic heterocycles. The molecule has 154 valence electrons. The molecule has 0 saturated carbocycles. The Morgan fingerprint density at radius 1 is 1.19 bits per heavy atom. The molecular weight excluding hydrogens is 356 g/mol. The van der Waals surface area contributed by atoms with E-state index in [-0.39, 0.29) is 41.2 Å². The van der Waals surface area contributed by atoms with Gasteiger partial charge in [-0.1, -0.05) is 13.8 Å². The van der Waals surface area contributed by atoms with Gasteiger partial charge in [0.25, 0.3) is 0 Å². The van der Waals surface area contributed by atoms with Crippen LogP contribution < -0.4 is 21.3 Å². The highest BCUT2D eigenvalue weighted by Crippen LogP contribution is 2.28. The molecular formula is C18H37ClN4O3. The number of nitrogens with one attached hydrogen (secondary N) is 4. The zero-order valence-electron chi connectivity index (χ0n) is 17.0. The Morgan fingerprint density at radius 3 is 2.23 bits per heavy atom. The van der Waals surface area contributed by atoms with E-state index in [0.29, 0.717) is 13.2 Å². The molecule has 0 aromatic rings. The maximum absolute atomic E-state index is 12.7. The first-order valence-corrected chi connectivity index (χ1v) is 9.15. The molecule has 0 spiro atoms. The number of carbonyl (C=O) groups is 2. The van der Waals surface area contributed by atoms with Gasteiger partial charge in [-0.15, -0.1) is 12.4 Å². The highest BCUT2D eigenvalue weighted by Gasteiger charge is 2.34. The van der Waals surface area contributed by atoms with Crippen molar-refractivity contribution in [2.24, 2.45) is 11.3 Å². The summed E-state index contributed by atoms with van der Waals surface area (Å²) < 4.78 is 5.39. The van der Waals surface area contributed by atoms with Crippen LogP contribution in [0.4, 0.5) is 4.79 Å². The Balaban J connectivity index is 0.00000625. The van der Waals surface area contributed by atoms with E-state index in [1.54, 1.807) is 7.11 Å². The van der Waals surface area contributed by atoms with Crippen LogP contribution in [-0.4, -0.2) is 56.9 Å². The zero-order valence-corrected chi connectivity index (χ0v) is 17.8. The van der Waals surface area contributed by atoms with Gasteiger partial charge in [0.1, 0.15) is 6.04 Å². The van der Waals surface area contributed by atoms with Crippen LogP contribution >= 0.6 is 12.4 Å². The lowest BCUT2D eigenvalue weighted by Gasteiger charge is -2.37. The van der Waals surface area contributed by atoms with Crippen molar-refractivity contribution >= 4 is 24.3 Å². The number of urea groups is 1. The molecule has 0 unspecified atom stereocenters. The Kier molecular flexibility index (Phi) is 10.5. The fourth-order valence-electron chi connectivity index (χ4n) is 3.07. The SMILES string of the molecule is COCC1(CNC(=O)[C@@H](NC(=O)NC(C)(C)C)C(C)C)CCNCC1.Cl. The normalized spacial score (nSPS) is 17.8. The van der Waals surface area contributed by atoms with Crippen molar-refractivity contribution in [2.45, 2.75) is 59.0 Å². The third kappa shape index (κ3) is 8.56. The summed E-state index contributed by atoms with van der Waals surface area (Å²) in [6.45, 7) is 12.6. The van der Waals surface area contributed by atoms with Crippen molar-refractivity contribution in [2.75, 3.05) is 33.4 Å². The van der Waals surface area contributed by atoms with Crippen molar-refractivity contribution in [3.8, 4) is 0 Å². The average molecular weight is 393 g/mol. The van der Waals surface area contributed by atoms with Gasteiger partial charge in [0, 0.05) is 24.6 Å². The lowest BCUT2D eigenvalue weighted by atomic mass is 9.79. The topological polar surface area (TPSA) is 91.5 Å². The number of halogens is 1. The third-order valence-electron chi connectivity index (χ3n) is 4.48. The average Bonchev–Trinajstić information content (AvgIpc) is 2.49. The molecule has 7 nitrogen and oxygen atoms in total. The number of hydrogen-bond acceptors (Lipinski definition) is 4. The first-order valence-electron chi connectivity index (χ1n) is 9.15. The van der Waals surface area contributed by atoms with Crippen LogP contribution in [0.2, 0.25) is 0 Å². The van der Waals surface area contributed by atoms with Crippen LogP contribution in [0.15, 0.2) is 0 Å². The van der Waals surface area contributed by atoms with Crippen LogP contribution in [-0.2, 0) is 9.53 Å². The van der Waals surface area contributed by atoms with Gasteiger partial charge in [0.2, 0.25) is 5.91 Å². The van der Waals surface area contributed by atoms with Crippen molar-refractivity contribution < 1.29 is 14.3 Å². The van der Waals surface area contributed by atoms with Gasteiger partial charge >= 0.3 is 6.03 Å². The van der Waals surface area contributed by atoms with Gasteiger partial charge in [0.05, 0.1) is 6.61 Å². The number of carbonyl (C=O) groups excluding carboxylic acids is 2. The van der Waals surface area contributed by atoms with Gasteiger partial charge < -0.3 is 26.0 Å². The first-order chi connectivity index (χ1) is 11.6. The Bertz CT molecular complexity index is 441. The molecule has 8 heteroatoms. The second-order valence-electron chi connectivity index (χ2n) is 8.47. The van der Waals surface area contributed by atoms with Crippen LogP contribution in [0.25, 0.3) is 0 Å². The predicted molar refractivity (Wildman–Crippen MR) is 107 cm³/mol. The van der Waals surface area contributed by atoms with Crippen LogP contribution in [0.3, 0.4) is 0 Å². The molecule has 3 amide bonds. The van der Waals surface area contributed by atoms with Gasteiger partial charge in [0.15, 0.2) is 0 Å². The van der Waals surface area contributed by atoms with E-state index < -0.39 is 6.04 Å². The van der Waals surface area contributed by atoms with Crippen molar-refractivity contribution in [3.05, 3.63) is 0 Å². The van der Waals surface area contributed by atoms with Crippen molar-refractivity contribution in [1.29, 1.82) is 0 Å². The van der Waals surface area contributed by atoms with E-state index in [0.717, 1.165) is 25.9 Å². The highest BCUT2D eigenvalue weighted by atomic mass is 35.5. The third-order valence-corrected chi connectivity index (χ3v) is 4.48. The van der Waals surface area contributed by atoms with E-state index in [2.05, 4.69) is 21.3 Å². The van der Waals surface area contributed by atoms with Crippen LogP contribution in [0, 0.1) is 11.3 Å². The van der Waals surface area contributed by atoms with Gasteiger partial charge in [-0.05, 0) is 52.6 Å². The lowest BCUT2D eigenvalue weighted by molar-refractivity contribution is -0.124. The molecule has 1 heterocycles. The fraction of sp³-hybridized carbons (Fsp3) is 0.889. The summed E-state index contributed by atoms with van der Waals surface area (Å²) in [7, 11) is 1.70. The smallest absolute Gasteiger partial charge is 0.315 e. The van der Waals surface area contributed by atoms with E-state index in [1.165, 1.54) is 0 Å². The summed E-state index contributed by atoms with van der Waals surface area (Å²) in [5.41, 5.74) is -0.384. The molecule has 1 fully saturated rings. The molecule has 1 atom stereocenters. The molecule has 26 heavy (non-hydrogen) atoms. The predicted octanol–water partition coefficient (Wildman–Crippen LogP) is 1.66. The van der Waals surface area contributed by atoms with Crippen molar-refractivity contribution in [1.82, 2.24) is 21.3 Å². The maximum Gasteiger partial charge on any atom is 0.315 e. The van der Waals surface area contributed by atoms with Gasteiger partial charge in [-0.2, -0.15) is 0 Å². The zero-order chi connectivity index (χ0) is 19.1. The Hall–Kier alpha value is -1.05. The number of ether oxygens (including phenoxy) is 1. The Labute approximate surface area is 164 Å². The summed E-state index contributed by atoms with van der Waals surface area (Å²) in [5, 5.41) is 12.0. The summed E-state index contributed by atoms with van der Waals surface area (Å²) >= 11 is 0. The lowest BCUT2D eigenvalue weighted by Crippen LogP contribution is -2.57. The van der Waals surface area contributed by atoms with Crippen LogP contribution in [0.1, 0.15) is 47.5 Å². The molecule has 1 rings (SSSR count). The monoisotopic (exact) mass is 392 g/mol. The molecule has 4 N–H and O–H groups in total. The number of methoxy groups -OCH3 is 1. The molecule has 1 aliphatic heterocycles. The van der Waals surface area contributed by atoms with Crippen molar-refractivity contribution in [3.63, 3.8) is 0 Å². The van der Waals surface area contributed by atoms with Crippen LogP contribution in [0.5, 0.6) is 0 Å². The van der Waals surface area contributed by atoms with Gasteiger partial charge in [-0.25, -0.2) is 4.79 Å². The number of amides is 3. The standard InChI is InChI=1S/C18H36N4O3.ClH/c1-13(2)14(21-16(24)22-17(3,4)5)15(23)20-11-18(12-25-6)7-9-19-10-8-18;/h13-14,19H,7-12H2,1-6H3,(H,20,23)(H2,21,22,24);1H/t14-;/m0./s1. The van der Waals surface area contributed by atoms with E-state index >= 15 is 0 Å². The Morgan fingerprint density at radius 2 is 1.77 bits per heavy atom. The minimum Gasteiger partial charge on any atom is -0.384 e. The van der Waals surface area contributed by atoms with E-state index in [1.807, 2.05) is 34.6 Å². The summed E-state index contributed by atoms with van der Waals surface area (Å²) in [6, 6.07) is -0.890. The molecule has 0 aliphatic carbocycles. The van der Waals surface area contributed by atoms with E-state index in [4.69, 9.17) is 4.74 Å². The quantitative estimate of drug-likeness (QED) is 0.530. The highest BCUT2D eigenvalue weighted by molar-refractivity contribution is 5.87. The molecule has 1 aliphatic rings. The second kappa shape index (κ2) is 10.9. The number of piperidine rings is 1. The summed E-state index contributed by atoms with van der Waals surface area (Å²) in [6.07, 6.45) is 1.93. The molecule has 1 saturated heterocycles. The van der Waals surface area contributed by atoms with E-state index in [9.17, 15) is 9.59 Å².